The van der Waals surface area contributed by atoms with Gasteiger partial charge in [-0.25, -0.2) is 0 Å². The first-order chi connectivity index (χ1) is 10.6. The quantitative estimate of drug-likeness (QED) is 0.343. The van der Waals surface area contributed by atoms with Crippen LogP contribution in [0.4, 0.5) is 0 Å². The van der Waals surface area contributed by atoms with Crippen LogP contribution in [0.1, 0.15) is 90.9 Å². The first-order valence-corrected chi connectivity index (χ1v) is 8.97. The highest BCUT2D eigenvalue weighted by atomic mass is 16.5. The van der Waals surface area contributed by atoms with Crippen LogP contribution in [0.15, 0.2) is 0 Å². The standard InChI is InChI=1S/C18H34O4/c1-3-5-7-8-12-16(11-6-4-2)15-22-18(21)14-10-9-13-17(19)20/h16H,3-15H2,1-2H3,(H,19,20). The summed E-state index contributed by atoms with van der Waals surface area (Å²) in [5.41, 5.74) is 0. The molecular formula is C18H34O4. The van der Waals surface area contributed by atoms with Gasteiger partial charge in [-0.2, -0.15) is 0 Å². The minimum absolute atomic E-state index is 0.129. The van der Waals surface area contributed by atoms with Crippen LogP contribution in [0.25, 0.3) is 0 Å². The van der Waals surface area contributed by atoms with Crippen LogP contribution >= 0.6 is 0 Å². The second kappa shape index (κ2) is 14.9. The molecule has 0 aromatic rings. The monoisotopic (exact) mass is 314 g/mol. The summed E-state index contributed by atoms with van der Waals surface area (Å²) in [6.45, 7) is 4.92. The molecule has 22 heavy (non-hydrogen) atoms. The molecule has 0 aromatic heterocycles. The zero-order valence-electron chi connectivity index (χ0n) is 14.4. The number of carbonyl (C=O) groups excluding carboxylic acids is 1. The van der Waals surface area contributed by atoms with Crippen LogP contribution in [-0.2, 0) is 14.3 Å². The zero-order chi connectivity index (χ0) is 16.6. The van der Waals surface area contributed by atoms with Crippen LogP contribution in [0.3, 0.4) is 0 Å². The van der Waals surface area contributed by atoms with E-state index in [4.69, 9.17) is 9.84 Å². The zero-order valence-corrected chi connectivity index (χ0v) is 14.4. The van der Waals surface area contributed by atoms with E-state index in [9.17, 15) is 9.59 Å². The average Bonchev–Trinajstić information content (AvgIpc) is 2.49. The first-order valence-electron chi connectivity index (χ1n) is 8.97. The van der Waals surface area contributed by atoms with Gasteiger partial charge in [0.1, 0.15) is 0 Å². The molecule has 0 rings (SSSR count). The lowest BCUT2D eigenvalue weighted by Gasteiger charge is -2.16. The largest absolute Gasteiger partial charge is 0.481 e. The second-order valence-corrected chi connectivity index (χ2v) is 6.14. The number of carbonyl (C=O) groups is 2. The molecule has 0 aliphatic heterocycles. The van der Waals surface area contributed by atoms with Gasteiger partial charge in [0.15, 0.2) is 0 Å². The normalized spacial score (nSPS) is 12.1. The van der Waals surface area contributed by atoms with E-state index in [1.807, 2.05) is 0 Å². The van der Waals surface area contributed by atoms with Gasteiger partial charge in [-0.3, -0.25) is 9.59 Å². The van der Waals surface area contributed by atoms with Crippen molar-refractivity contribution in [2.24, 2.45) is 5.92 Å². The van der Waals surface area contributed by atoms with E-state index in [-0.39, 0.29) is 12.4 Å². The Morgan fingerprint density at radius 1 is 0.864 bits per heavy atom. The third kappa shape index (κ3) is 13.9. The Bertz CT molecular complexity index is 289. The summed E-state index contributed by atoms with van der Waals surface area (Å²) in [6, 6.07) is 0. The number of hydrogen-bond donors (Lipinski definition) is 1. The molecule has 0 amide bonds. The van der Waals surface area contributed by atoms with Gasteiger partial charge in [-0.05, 0) is 31.6 Å². The van der Waals surface area contributed by atoms with E-state index in [1.165, 1.54) is 38.5 Å². The van der Waals surface area contributed by atoms with Crippen molar-refractivity contribution in [3.63, 3.8) is 0 Å². The predicted octanol–water partition coefficient (Wildman–Crippen LogP) is 4.95. The lowest BCUT2D eigenvalue weighted by atomic mass is 9.96. The Hall–Kier alpha value is -1.06. The van der Waals surface area contributed by atoms with Crippen molar-refractivity contribution in [3.05, 3.63) is 0 Å². The van der Waals surface area contributed by atoms with Crippen LogP contribution in [-0.4, -0.2) is 23.7 Å². The molecule has 0 fully saturated rings. The van der Waals surface area contributed by atoms with E-state index < -0.39 is 5.97 Å². The van der Waals surface area contributed by atoms with Gasteiger partial charge in [-0.15, -0.1) is 0 Å². The molecular weight excluding hydrogens is 280 g/mol. The smallest absolute Gasteiger partial charge is 0.305 e. The summed E-state index contributed by atoms with van der Waals surface area (Å²) < 4.78 is 5.38. The summed E-state index contributed by atoms with van der Waals surface area (Å²) >= 11 is 0. The molecule has 0 radical (unpaired) electrons. The van der Waals surface area contributed by atoms with Crippen molar-refractivity contribution >= 4 is 11.9 Å². The molecule has 0 saturated carbocycles. The maximum atomic E-state index is 11.7. The number of aliphatic carboxylic acids is 1. The number of carboxylic acid groups (broad SMARTS) is 1. The third-order valence-electron chi connectivity index (χ3n) is 3.93. The van der Waals surface area contributed by atoms with Crippen molar-refractivity contribution in [1.82, 2.24) is 0 Å². The van der Waals surface area contributed by atoms with Gasteiger partial charge in [0.2, 0.25) is 0 Å². The number of unbranched alkanes of at least 4 members (excludes halogenated alkanes) is 5. The molecule has 1 atom stereocenters. The van der Waals surface area contributed by atoms with Crippen LogP contribution in [0, 0.1) is 5.92 Å². The van der Waals surface area contributed by atoms with Gasteiger partial charge >= 0.3 is 11.9 Å². The van der Waals surface area contributed by atoms with E-state index in [1.54, 1.807) is 0 Å². The van der Waals surface area contributed by atoms with Crippen molar-refractivity contribution in [2.45, 2.75) is 90.9 Å². The maximum absolute atomic E-state index is 11.7. The molecule has 4 heteroatoms. The number of esters is 1. The van der Waals surface area contributed by atoms with Gasteiger partial charge in [0, 0.05) is 12.8 Å². The molecule has 4 nitrogen and oxygen atoms in total. The Morgan fingerprint density at radius 3 is 2.14 bits per heavy atom. The Labute approximate surface area is 135 Å². The predicted molar refractivity (Wildman–Crippen MR) is 88.8 cm³/mol. The number of carboxylic acids is 1. The molecule has 0 aromatic carbocycles. The lowest BCUT2D eigenvalue weighted by Crippen LogP contribution is -2.14. The molecule has 1 N–H and O–H groups in total. The second-order valence-electron chi connectivity index (χ2n) is 6.14. The van der Waals surface area contributed by atoms with Gasteiger partial charge in [0.25, 0.3) is 0 Å². The van der Waals surface area contributed by atoms with E-state index >= 15 is 0 Å². The molecule has 0 aliphatic rings. The van der Waals surface area contributed by atoms with Crippen molar-refractivity contribution < 1.29 is 19.4 Å². The molecule has 0 spiro atoms. The van der Waals surface area contributed by atoms with Crippen LogP contribution in [0.2, 0.25) is 0 Å². The number of rotatable bonds is 15. The van der Waals surface area contributed by atoms with Gasteiger partial charge < -0.3 is 9.84 Å². The maximum Gasteiger partial charge on any atom is 0.305 e. The summed E-state index contributed by atoms with van der Waals surface area (Å²) in [5, 5.41) is 8.54. The SMILES string of the molecule is CCCCCCC(CCCC)COC(=O)CCCCC(=O)O. The molecule has 0 bridgehead atoms. The highest BCUT2D eigenvalue weighted by molar-refractivity contribution is 5.69. The molecule has 1 unspecified atom stereocenters. The Kier molecular flexibility index (Phi) is 14.1. The average molecular weight is 314 g/mol. The van der Waals surface area contributed by atoms with Gasteiger partial charge in [0.05, 0.1) is 6.61 Å². The molecule has 130 valence electrons. The summed E-state index contributed by atoms with van der Waals surface area (Å²) in [5.74, 6) is -0.500. The fraction of sp³-hybridized carbons (Fsp3) is 0.889. The molecule has 0 heterocycles. The highest BCUT2D eigenvalue weighted by Gasteiger charge is 2.12. The Balaban J connectivity index is 3.83. The molecule has 0 saturated heterocycles. The van der Waals surface area contributed by atoms with Crippen molar-refractivity contribution in [3.8, 4) is 0 Å². The van der Waals surface area contributed by atoms with Crippen LogP contribution < -0.4 is 0 Å². The number of hydrogen-bond acceptors (Lipinski definition) is 3. The minimum Gasteiger partial charge on any atom is -0.481 e. The van der Waals surface area contributed by atoms with Crippen molar-refractivity contribution in [2.75, 3.05) is 6.61 Å². The van der Waals surface area contributed by atoms with Crippen molar-refractivity contribution in [1.29, 1.82) is 0 Å². The Morgan fingerprint density at radius 2 is 1.50 bits per heavy atom. The fourth-order valence-electron chi connectivity index (χ4n) is 2.49. The van der Waals surface area contributed by atoms with Gasteiger partial charge in [-0.1, -0.05) is 52.4 Å². The molecule has 0 aliphatic carbocycles. The van der Waals surface area contributed by atoms with E-state index in [2.05, 4.69) is 13.8 Å². The first kappa shape index (κ1) is 20.9. The lowest BCUT2D eigenvalue weighted by molar-refractivity contribution is -0.145. The summed E-state index contributed by atoms with van der Waals surface area (Å²) in [6.07, 6.45) is 11.3. The highest BCUT2D eigenvalue weighted by Crippen LogP contribution is 2.18. The fourth-order valence-corrected chi connectivity index (χ4v) is 2.49. The van der Waals surface area contributed by atoms with Crippen LogP contribution in [0.5, 0.6) is 0 Å². The summed E-state index contributed by atoms with van der Waals surface area (Å²) in [4.78, 5) is 22.1. The topological polar surface area (TPSA) is 63.6 Å². The number of ether oxygens (including phenoxy) is 1. The minimum atomic E-state index is -0.805. The van der Waals surface area contributed by atoms with E-state index in [0.717, 1.165) is 12.8 Å². The summed E-state index contributed by atoms with van der Waals surface area (Å²) in [7, 11) is 0. The third-order valence-corrected chi connectivity index (χ3v) is 3.93. The van der Waals surface area contributed by atoms with E-state index in [0.29, 0.717) is 31.8 Å².